The summed E-state index contributed by atoms with van der Waals surface area (Å²) in [6.45, 7) is 7.02. The summed E-state index contributed by atoms with van der Waals surface area (Å²) in [5.74, 6) is -0.793. The second-order valence-electron chi connectivity index (χ2n) is 3.80. The zero-order valence-electron chi connectivity index (χ0n) is 10.5. The van der Waals surface area contributed by atoms with Gasteiger partial charge in [-0.2, -0.15) is 0 Å². The fourth-order valence-corrected chi connectivity index (χ4v) is 1.30. The van der Waals surface area contributed by atoms with E-state index >= 15 is 0 Å². The summed E-state index contributed by atoms with van der Waals surface area (Å²) in [6.07, 6.45) is 1.33. The molecular weight excluding hydrogens is 232 g/mol. The van der Waals surface area contributed by atoms with Gasteiger partial charge in [-0.3, -0.25) is 0 Å². The van der Waals surface area contributed by atoms with Gasteiger partial charge in [0, 0.05) is 0 Å². The molecule has 1 aromatic carbocycles. The van der Waals surface area contributed by atoms with Crippen molar-refractivity contribution in [3.8, 4) is 0 Å². The third-order valence-electron chi connectivity index (χ3n) is 2.11. The summed E-state index contributed by atoms with van der Waals surface area (Å²) < 4.78 is 9.98. The number of hydrogen-bond donors (Lipinski definition) is 0. The summed E-state index contributed by atoms with van der Waals surface area (Å²) in [4.78, 5) is 22.9. The SMILES string of the molecule is C=CC.CC1COC(=O)c2ccc(cc2)C(=O)O1. The highest BCUT2D eigenvalue weighted by atomic mass is 16.6. The van der Waals surface area contributed by atoms with Crippen LogP contribution in [0.1, 0.15) is 34.6 Å². The van der Waals surface area contributed by atoms with Crippen LogP contribution in [-0.4, -0.2) is 24.6 Å². The Hall–Kier alpha value is -2.10. The number of carbonyl (C=O) groups is 2. The van der Waals surface area contributed by atoms with Gasteiger partial charge in [0.2, 0.25) is 0 Å². The van der Waals surface area contributed by atoms with E-state index in [4.69, 9.17) is 9.47 Å². The monoisotopic (exact) mass is 248 g/mol. The van der Waals surface area contributed by atoms with E-state index in [1.165, 1.54) is 0 Å². The van der Waals surface area contributed by atoms with Crippen LogP contribution in [0, 0.1) is 0 Å². The van der Waals surface area contributed by atoms with Crippen LogP contribution in [-0.2, 0) is 9.47 Å². The van der Waals surface area contributed by atoms with E-state index in [1.54, 1.807) is 37.3 Å². The van der Waals surface area contributed by atoms with Gasteiger partial charge in [-0.25, -0.2) is 9.59 Å². The highest BCUT2D eigenvalue weighted by Gasteiger charge is 2.17. The van der Waals surface area contributed by atoms with Crippen LogP contribution in [0.3, 0.4) is 0 Å². The van der Waals surface area contributed by atoms with Crippen molar-refractivity contribution >= 4 is 11.9 Å². The molecule has 1 atom stereocenters. The van der Waals surface area contributed by atoms with Gasteiger partial charge in [-0.1, -0.05) is 6.08 Å². The van der Waals surface area contributed by atoms with Crippen molar-refractivity contribution < 1.29 is 19.1 Å². The zero-order valence-corrected chi connectivity index (χ0v) is 10.5. The lowest BCUT2D eigenvalue weighted by molar-refractivity contribution is 0.00395. The standard InChI is InChI=1S/C11H10O4.C3H6/c1-7-6-14-10(12)8-2-4-9(5-3-8)11(13)15-7;1-3-2/h2-5,7H,6H2,1H3;3H,1H2,2H3. The van der Waals surface area contributed by atoms with Gasteiger partial charge in [0.1, 0.15) is 12.7 Å². The predicted molar refractivity (Wildman–Crippen MR) is 67.5 cm³/mol. The molecule has 2 bridgehead atoms. The Morgan fingerprint density at radius 3 is 2.11 bits per heavy atom. The second-order valence-corrected chi connectivity index (χ2v) is 3.80. The van der Waals surface area contributed by atoms with Crippen molar-refractivity contribution in [2.24, 2.45) is 0 Å². The number of carbonyl (C=O) groups excluding carboxylic acids is 2. The van der Waals surface area contributed by atoms with Crippen molar-refractivity contribution in [1.29, 1.82) is 0 Å². The van der Waals surface area contributed by atoms with Crippen LogP contribution >= 0.6 is 0 Å². The fourth-order valence-electron chi connectivity index (χ4n) is 1.30. The minimum atomic E-state index is -0.421. The van der Waals surface area contributed by atoms with E-state index in [0.29, 0.717) is 11.1 Å². The number of hydrogen-bond acceptors (Lipinski definition) is 4. The highest BCUT2D eigenvalue weighted by molar-refractivity contribution is 5.93. The molecular formula is C14H16O4. The molecule has 4 heteroatoms. The van der Waals surface area contributed by atoms with Crippen LogP contribution in [0.2, 0.25) is 0 Å². The Morgan fingerprint density at radius 2 is 1.61 bits per heavy atom. The van der Waals surface area contributed by atoms with Crippen LogP contribution in [0.5, 0.6) is 0 Å². The molecule has 1 unspecified atom stereocenters. The first-order valence-corrected chi connectivity index (χ1v) is 5.63. The second kappa shape index (κ2) is 6.59. The Bertz CT molecular complexity index is 434. The molecule has 0 fully saturated rings. The summed E-state index contributed by atoms with van der Waals surface area (Å²) in [6, 6.07) is 6.21. The maximum atomic E-state index is 11.5. The van der Waals surface area contributed by atoms with Crippen molar-refractivity contribution in [2.45, 2.75) is 20.0 Å². The van der Waals surface area contributed by atoms with Crippen LogP contribution < -0.4 is 0 Å². The number of ether oxygens (including phenoxy) is 2. The third-order valence-corrected chi connectivity index (χ3v) is 2.11. The number of fused-ring (bicyclic) bond motifs is 7. The third kappa shape index (κ3) is 3.73. The van der Waals surface area contributed by atoms with Crippen LogP contribution in [0.4, 0.5) is 0 Å². The van der Waals surface area contributed by atoms with Crippen LogP contribution in [0.25, 0.3) is 0 Å². The molecule has 2 heterocycles. The van der Waals surface area contributed by atoms with E-state index in [0.717, 1.165) is 0 Å². The summed E-state index contributed by atoms with van der Waals surface area (Å²) in [7, 11) is 0. The zero-order chi connectivity index (χ0) is 13.5. The van der Waals surface area contributed by atoms with Gasteiger partial charge in [-0.15, -0.1) is 6.58 Å². The first kappa shape index (κ1) is 14.0. The number of benzene rings is 1. The molecule has 18 heavy (non-hydrogen) atoms. The van der Waals surface area contributed by atoms with Crippen molar-refractivity contribution in [3.05, 3.63) is 48.0 Å². The molecule has 0 N–H and O–H groups in total. The smallest absolute Gasteiger partial charge is 0.338 e. The van der Waals surface area contributed by atoms with Crippen molar-refractivity contribution in [2.75, 3.05) is 6.61 Å². The molecule has 2 aliphatic rings. The Labute approximate surface area is 106 Å². The van der Waals surface area contributed by atoms with E-state index in [2.05, 4.69) is 6.58 Å². The number of esters is 2. The molecule has 0 amide bonds. The number of rotatable bonds is 0. The Kier molecular flexibility index (Phi) is 5.11. The van der Waals surface area contributed by atoms with Gasteiger partial charge in [0.15, 0.2) is 0 Å². The van der Waals surface area contributed by atoms with E-state index in [-0.39, 0.29) is 6.61 Å². The highest BCUT2D eigenvalue weighted by Crippen LogP contribution is 2.11. The average Bonchev–Trinajstić information content (AvgIpc) is 2.36. The largest absolute Gasteiger partial charge is 0.458 e. The van der Waals surface area contributed by atoms with E-state index in [9.17, 15) is 9.59 Å². The molecule has 1 aromatic rings. The normalized spacial score (nSPS) is 18.0. The number of allylic oxidation sites excluding steroid dienone is 1. The molecule has 3 rings (SSSR count). The molecule has 96 valence electrons. The molecule has 2 aliphatic heterocycles. The molecule has 0 radical (unpaired) electrons. The molecule has 4 nitrogen and oxygen atoms in total. The van der Waals surface area contributed by atoms with E-state index < -0.39 is 18.0 Å². The van der Waals surface area contributed by atoms with Gasteiger partial charge in [0.25, 0.3) is 0 Å². The Morgan fingerprint density at radius 1 is 1.17 bits per heavy atom. The predicted octanol–water partition coefficient (Wildman–Crippen LogP) is 2.59. The maximum absolute atomic E-state index is 11.5. The molecule has 0 saturated carbocycles. The lowest BCUT2D eigenvalue weighted by Crippen LogP contribution is -2.23. The van der Waals surface area contributed by atoms with Crippen LogP contribution in [0.15, 0.2) is 36.9 Å². The summed E-state index contributed by atoms with van der Waals surface area (Å²) in [5, 5.41) is 0. The molecule has 0 saturated heterocycles. The van der Waals surface area contributed by atoms with Crippen molar-refractivity contribution in [1.82, 2.24) is 0 Å². The lowest BCUT2D eigenvalue weighted by Gasteiger charge is -2.15. The summed E-state index contributed by atoms with van der Waals surface area (Å²) in [5.41, 5.74) is 0.890. The van der Waals surface area contributed by atoms with E-state index in [1.807, 2.05) is 6.92 Å². The van der Waals surface area contributed by atoms with Gasteiger partial charge < -0.3 is 9.47 Å². The van der Waals surface area contributed by atoms with Gasteiger partial charge in [0.05, 0.1) is 11.1 Å². The maximum Gasteiger partial charge on any atom is 0.338 e. The first-order chi connectivity index (χ1) is 8.58. The topological polar surface area (TPSA) is 52.6 Å². The molecule has 0 spiro atoms. The van der Waals surface area contributed by atoms with Gasteiger partial charge in [-0.05, 0) is 38.1 Å². The van der Waals surface area contributed by atoms with Crippen molar-refractivity contribution in [3.63, 3.8) is 0 Å². The fraction of sp³-hybridized carbons (Fsp3) is 0.286. The first-order valence-electron chi connectivity index (χ1n) is 5.63. The minimum Gasteiger partial charge on any atom is -0.458 e. The quantitative estimate of drug-likeness (QED) is 0.523. The average molecular weight is 248 g/mol. The molecule has 0 aromatic heterocycles. The summed E-state index contributed by atoms with van der Waals surface area (Å²) >= 11 is 0. The lowest BCUT2D eigenvalue weighted by atomic mass is 10.1. The molecule has 0 aliphatic carbocycles. The Balaban J connectivity index is 0.000000492. The minimum absolute atomic E-state index is 0.0863. The van der Waals surface area contributed by atoms with Gasteiger partial charge >= 0.3 is 11.9 Å².